The number of anilines is 1. The fourth-order valence-electron chi connectivity index (χ4n) is 2.31. The summed E-state index contributed by atoms with van der Waals surface area (Å²) in [6.45, 7) is 12.0. The SMILES string of the molecule is CC(C#N)N1CCN(c2ccc(C(C)(C)C)nn2)CC1. The summed E-state index contributed by atoms with van der Waals surface area (Å²) >= 11 is 0. The Bertz CT molecular complexity index is 474. The van der Waals surface area contributed by atoms with Crippen molar-refractivity contribution < 1.29 is 0 Å². The number of aromatic nitrogens is 2. The standard InChI is InChI=1S/C15H23N5/c1-12(11-16)19-7-9-20(10-8-19)14-6-5-13(17-18-14)15(2,3)4/h5-6,12H,7-10H2,1-4H3. The summed E-state index contributed by atoms with van der Waals surface area (Å²) in [6.07, 6.45) is 0. The van der Waals surface area contributed by atoms with Gasteiger partial charge in [-0.15, -0.1) is 5.10 Å². The number of hydrogen-bond acceptors (Lipinski definition) is 5. The Hall–Kier alpha value is -1.67. The van der Waals surface area contributed by atoms with Crippen LogP contribution in [0.3, 0.4) is 0 Å². The van der Waals surface area contributed by atoms with Crippen LogP contribution in [0.15, 0.2) is 12.1 Å². The van der Waals surface area contributed by atoms with E-state index in [0.717, 1.165) is 37.7 Å². The van der Waals surface area contributed by atoms with Crippen LogP contribution in [0.5, 0.6) is 0 Å². The fourth-order valence-corrected chi connectivity index (χ4v) is 2.31. The molecule has 0 saturated carbocycles. The molecule has 1 atom stereocenters. The van der Waals surface area contributed by atoms with Crippen LogP contribution in [0.1, 0.15) is 33.4 Å². The van der Waals surface area contributed by atoms with E-state index in [1.54, 1.807) is 0 Å². The molecule has 1 aromatic rings. The van der Waals surface area contributed by atoms with Crippen molar-refractivity contribution in [2.45, 2.75) is 39.2 Å². The lowest BCUT2D eigenvalue weighted by atomic mass is 9.92. The highest BCUT2D eigenvalue weighted by Gasteiger charge is 2.22. The normalized spacial score (nSPS) is 18.6. The molecule has 5 nitrogen and oxygen atoms in total. The van der Waals surface area contributed by atoms with Gasteiger partial charge in [0.25, 0.3) is 0 Å². The van der Waals surface area contributed by atoms with Crippen molar-refractivity contribution in [1.29, 1.82) is 5.26 Å². The van der Waals surface area contributed by atoms with Gasteiger partial charge < -0.3 is 4.90 Å². The quantitative estimate of drug-likeness (QED) is 0.822. The molecule has 1 unspecified atom stereocenters. The van der Waals surface area contributed by atoms with E-state index in [-0.39, 0.29) is 11.5 Å². The summed E-state index contributed by atoms with van der Waals surface area (Å²) in [7, 11) is 0. The molecule has 5 heteroatoms. The van der Waals surface area contributed by atoms with Crippen molar-refractivity contribution >= 4 is 5.82 Å². The smallest absolute Gasteiger partial charge is 0.151 e. The van der Waals surface area contributed by atoms with Crippen LogP contribution in [0, 0.1) is 11.3 Å². The lowest BCUT2D eigenvalue weighted by Crippen LogP contribution is -2.49. The van der Waals surface area contributed by atoms with Crippen molar-refractivity contribution in [2.75, 3.05) is 31.1 Å². The zero-order valence-electron chi connectivity index (χ0n) is 12.8. The third-order valence-electron chi connectivity index (χ3n) is 3.79. The Labute approximate surface area is 121 Å². The Morgan fingerprint density at radius 1 is 1.15 bits per heavy atom. The fraction of sp³-hybridized carbons (Fsp3) is 0.667. The van der Waals surface area contributed by atoms with Crippen LogP contribution in [0.2, 0.25) is 0 Å². The Kier molecular flexibility index (Phi) is 4.24. The molecule has 1 saturated heterocycles. The van der Waals surface area contributed by atoms with Crippen LogP contribution in [0.4, 0.5) is 5.82 Å². The summed E-state index contributed by atoms with van der Waals surface area (Å²) < 4.78 is 0. The van der Waals surface area contributed by atoms with Crippen LogP contribution in [-0.2, 0) is 5.41 Å². The molecular formula is C15H23N5. The van der Waals surface area contributed by atoms with E-state index >= 15 is 0 Å². The minimum absolute atomic E-state index is 0.00787. The maximum Gasteiger partial charge on any atom is 0.151 e. The van der Waals surface area contributed by atoms with Gasteiger partial charge in [0.05, 0.1) is 17.8 Å². The molecule has 0 spiro atoms. The first-order valence-electron chi connectivity index (χ1n) is 7.14. The molecule has 0 radical (unpaired) electrons. The summed E-state index contributed by atoms with van der Waals surface area (Å²) in [6, 6.07) is 6.40. The minimum atomic E-state index is -0.00787. The van der Waals surface area contributed by atoms with Gasteiger partial charge in [-0.3, -0.25) is 4.90 Å². The average molecular weight is 273 g/mol. The molecule has 0 N–H and O–H groups in total. The second kappa shape index (κ2) is 5.76. The molecular weight excluding hydrogens is 250 g/mol. The largest absolute Gasteiger partial charge is 0.353 e. The predicted octanol–water partition coefficient (Wildman–Crippen LogP) is 1.81. The highest BCUT2D eigenvalue weighted by molar-refractivity contribution is 5.38. The molecule has 20 heavy (non-hydrogen) atoms. The maximum atomic E-state index is 8.95. The van der Waals surface area contributed by atoms with Crippen molar-refractivity contribution in [2.24, 2.45) is 0 Å². The van der Waals surface area contributed by atoms with Gasteiger partial charge in [0, 0.05) is 31.6 Å². The molecule has 0 aromatic carbocycles. The molecule has 0 amide bonds. The van der Waals surface area contributed by atoms with E-state index in [9.17, 15) is 0 Å². The molecule has 2 heterocycles. The predicted molar refractivity (Wildman–Crippen MR) is 79.6 cm³/mol. The second-order valence-corrected chi connectivity index (χ2v) is 6.35. The van der Waals surface area contributed by atoms with Gasteiger partial charge in [0.15, 0.2) is 5.82 Å². The summed E-state index contributed by atoms with van der Waals surface area (Å²) in [4.78, 5) is 4.44. The number of nitriles is 1. The van der Waals surface area contributed by atoms with E-state index in [0.29, 0.717) is 0 Å². The van der Waals surface area contributed by atoms with Crippen LogP contribution in [-0.4, -0.2) is 47.3 Å². The van der Waals surface area contributed by atoms with Gasteiger partial charge in [-0.05, 0) is 19.1 Å². The Balaban J connectivity index is 1.99. The van der Waals surface area contributed by atoms with E-state index < -0.39 is 0 Å². The third-order valence-corrected chi connectivity index (χ3v) is 3.79. The third kappa shape index (κ3) is 3.26. The molecule has 1 aromatic heterocycles. The molecule has 108 valence electrons. The Morgan fingerprint density at radius 3 is 2.25 bits per heavy atom. The van der Waals surface area contributed by atoms with Gasteiger partial charge in [-0.1, -0.05) is 20.8 Å². The second-order valence-electron chi connectivity index (χ2n) is 6.35. The maximum absolute atomic E-state index is 8.95. The first-order valence-corrected chi connectivity index (χ1v) is 7.14. The highest BCUT2D eigenvalue weighted by atomic mass is 15.3. The zero-order chi connectivity index (χ0) is 14.8. The monoisotopic (exact) mass is 273 g/mol. The number of hydrogen-bond donors (Lipinski definition) is 0. The Morgan fingerprint density at radius 2 is 1.80 bits per heavy atom. The molecule has 1 aliphatic rings. The zero-order valence-corrected chi connectivity index (χ0v) is 12.8. The first-order chi connectivity index (χ1) is 9.41. The molecule has 2 rings (SSSR count). The number of nitrogens with zero attached hydrogens (tertiary/aromatic N) is 5. The van der Waals surface area contributed by atoms with Crippen molar-refractivity contribution in [3.63, 3.8) is 0 Å². The van der Waals surface area contributed by atoms with E-state index in [4.69, 9.17) is 5.26 Å². The average Bonchev–Trinajstić information content (AvgIpc) is 2.46. The topological polar surface area (TPSA) is 56.1 Å². The van der Waals surface area contributed by atoms with Gasteiger partial charge in [-0.25, -0.2) is 0 Å². The molecule has 0 aliphatic carbocycles. The van der Waals surface area contributed by atoms with Gasteiger partial charge in [0.2, 0.25) is 0 Å². The van der Waals surface area contributed by atoms with Crippen LogP contribution >= 0.6 is 0 Å². The van der Waals surface area contributed by atoms with Gasteiger partial charge in [-0.2, -0.15) is 10.4 Å². The van der Waals surface area contributed by atoms with Crippen molar-refractivity contribution in [3.8, 4) is 6.07 Å². The van der Waals surface area contributed by atoms with Crippen molar-refractivity contribution in [3.05, 3.63) is 17.8 Å². The highest BCUT2D eigenvalue weighted by Crippen LogP contribution is 2.21. The number of piperazine rings is 1. The first kappa shape index (κ1) is 14.7. The lowest BCUT2D eigenvalue weighted by Gasteiger charge is -2.36. The summed E-state index contributed by atoms with van der Waals surface area (Å²) in [5.41, 5.74) is 1.05. The van der Waals surface area contributed by atoms with E-state index in [1.165, 1.54) is 0 Å². The van der Waals surface area contributed by atoms with Gasteiger partial charge in [0.1, 0.15) is 0 Å². The molecule has 1 fully saturated rings. The van der Waals surface area contributed by atoms with E-state index in [1.807, 2.05) is 6.92 Å². The van der Waals surface area contributed by atoms with E-state index in [2.05, 4.69) is 59.0 Å². The lowest BCUT2D eigenvalue weighted by molar-refractivity contribution is 0.231. The van der Waals surface area contributed by atoms with Crippen LogP contribution in [0.25, 0.3) is 0 Å². The molecule has 0 bridgehead atoms. The van der Waals surface area contributed by atoms with Crippen LogP contribution < -0.4 is 4.90 Å². The van der Waals surface area contributed by atoms with Gasteiger partial charge >= 0.3 is 0 Å². The van der Waals surface area contributed by atoms with Crippen molar-refractivity contribution in [1.82, 2.24) is 15.1 Å². The minimum Gasteiger partial charge on any atom is -0.353 e. The summed E-state index contributed by atoms with van der Waals surface area (Å²) in [5, 5.41) is 17.6. The number of rotatable bonds is 2. The molecule has 1 aliphatic heterocycles. The summed E-state index contributed by atoms with van der Waals surface area (Å²) in [5.74, 6) is 0.933.